The number of rotatable bonds is 2. The van der Waals surface area contributed by atoms with Gasteiger partial charge in [-0.2, -0.15) is 0 Å². The van der Waals surface area contributed by atoms with Crippen molar-refractivity contribution in [1.82, 2.24) is 0 Å². The number of hydrogen-bond donors (Lipinski definition) is 0. The summed E-state index contributed by atoms with van der Waals surface area (Å²) in [6.07, 6.45) is 6.85. The lowest BCUT2D eigenvalue weighted by molar-refractivity contribution is 0.720. The minimum atomic E-state index is 0.856. The lowest BCUT2D eigenvalue weighted by Gasteiger charge is -2.15. The number of benzene rings is 1. The fourth-order valence-corrected chi connectivity index (χ4v) is 2.82. The molecule has 1 aromatic carbocycles. The lowest BCUT2D eigenvalue weighted by atomic mass is 9.90. The van der Waals surface area contributed by atoms with Crippen LogP contribution in [0.1, 0.15) is 74.6 Å². The molecule has 2 rings (SSSR count). The summed E-state index contributed by atoms with van der Waals surface area (Å²) < 4.78 is 0. The summed E-state index contributed by atoms with van der Waals surface area (Å²) >= 11 is 0. The molecule has 0 spiro atoms. The van der Waals surface area contributed by atoms with Gasteiger partial charge in [-0.15, -0.1) is 13.2 Å². The van der Waals surface area contributed by atoms with E-state index in [1.54, 1.807) is 11.1 Å². The number of aryl methyl sites for hydroxylation is 2. The fraction of sp³-hybridized carbons (Fsp3) is 0.579. The molecule has 1 aromatic rings. The molecule has 19 heavy (non-hydrogen) atoms. The van der Waals surface area contributed by atoms with Gasteiger partial charge in [0.2, 0.25) is 0 Å². The monoisotopic (exact) mass is 260 g/mol. The second-order valence-electron chi connectivity index (χ2n) is 4.96. The summed E-state index contributed by atoms with van der Waals surface area (Å²) in [5.41, 5.74) is 6.14. The van der Waals surface area contributed by atoms with Crippen LogP contribution in [0.15, 0.2) is 25.3 Å². The van der Waals surface area contributed by atoms with Crippen LogP contribution in [0.3, 0.4) is 0 Å². The van der Waals surface area contributed by atoms with E-state index in [4.69, 9.17) is 0 Å². The van der Waals surface area contributed by atoms with E-state index in [9.17, 15) is 0 Å². The highest BCUT2D eigenvalue weighted by atomic mass is 14.2. The zero-order valence-electron chi connectivity index (χ0n) is 13.7. The third-order valence-corrected chi connectivity index (χ3v) is 4.00. The topological polar surface area (TPSA) is 0 Å². The van der Waals surface area contributed by atoms with Gasteiger partial charge in [-0.25, -0.2) is 0 Å². The Morgan fingerprint density at radius 3 is 2.05 bits per heavy atom. The van der Waals surface area contributed by atoms with Crippen LogP contribution in [0, 0.1) is 13.8 Å². The van der Waals surface area contributed by atoms with Crippen molar-refractivity contribution in [2.75, 3.05) is 0 Å². The smallest absolute Gasteiger partial charge is 0.0162 e. The summed E-state index contributed by atoms with van der Waals surface area (Å²) in [6, 6.07) is 4.88. The summed E-state index contributed by atoms with van der Waals surface area (Å²) in [7, 11) is 0. The average Bonchev–Trinajstić information content (AvgIpc) is 3.00. The molecule has 0 saturated heterocycles. The Morgan fingerprint density at radius 1 is 1.05 bits per heavy atom. The molecule has 0 N–H and O–H groups in total. The summed E-state index contributed by atoms with van der Waals surface area (Å²) in [5, 5.41) is 0. The molecule has 0 unspecified atom stereocenters. The maximum absolute atomic E-state index is 3.00. The molecule has 0 aromatic heterocycles. The minimum Gasteiger partial charge on any atom is -0.106 e. The van der Waals surface area contributed by atoms with E-state index < -0.39 is 0 Å². The van der Waals surface area contributed by atoms with Crippen molar-refractivity contribution in [2.45, 2.75) is 72.6 Å². The first-order valence-corrected chi connectivity index (χ1v) is 7.82. The highest BCUT2D eigenvalue weighted by molar-refractivity contribution is 5.39. The third kappa shape index (κ3) is 4.86. The largest absolute Gasteiger partial charge is 0.106 e. The Hall–Kier alpha value is -1.04. The van der Waals surface area contributed by atoms with Crippen molar-refractivity contribution in [2.24, 2.45) is 0 Å². The van der Waals surface area contributed by atoms with Crippen molar-refractivity contribution < 1.29 is 0 Å². The van der Waals surface area contributed by atoms with Crippen molar-refractivity contribution in [3.05, 3.63) is 47.5 Å². The molecule has 0 atom stereocenters. The molecule has 0 radical (unpaired) electrons. The SMILES string of the molecule is C=C.CC.CCc1cc(C2CCCC2)cc(C)c1C. The predicted octanol–water partition coefficient (Wildman–Crippen LogP) is 6.35. The molecular formula is C19H32. The molecule has 108 valence electrons. The normalized spacial score (nSPS) is 14.2. The molecule has 0 heteroatoms. The Morgan fingerprint density at radius 2 is 1.58 bits per heavy atom. The molecule has 0 nitrogen and oxygen atoms in total. The van der Waals surface area contributed by atoms with Gasteiger partial charge in [-0.3, -0.25) is 0 Å². The van der Waals surface area contributed by atoms with Gasteiger partial charge in [0, 0.05) is 0 Å². The van der Waals surface area contributed by atoms with Crippen LogP contribution in [-0.2, 0) is 6.42 Å². The Labute approximate surface area is 120 Å². The van der Waals surface area contributed by atoms with Crippen LogP contribution in [0.2, 0.25) is 0 Å². The Balaban J connectivity index is 0.000000741. The highest BCUT2D eigenvalue weighted by Crippen LogP contribution is 2.35. The van der Waals surface area contributed by atoms with Gasteiger partial charge >= 0.3 is 0 Å². The molecule has 1 fully saturated rings. The average molecular weight is 260 g/mol. The van der Waals surface area contributed by atoms with Gasteiger partial charge in [0.1, 0.15) is 0 Å². The van der Waals surface area contributed by atoms with Gasteiger partial charge in [-0.05, 0) is 61.3 Å². The van der Waals surface area contributed by atoms with Crippen molar-refractivity contribution in [1.29, 1.82) is 0 Å². The minimum absolute atomic E-state index is 0.856. The second kappa shape index (κ2) is 9.83. The molecule has 0 bridgehead atoms. The zero-order chi connectivity index (χ0) is 14.8. The van der Waals surface area contributed by atoms with Gasteiger partial charge in [0.05, 0.1) is 0 Å². The Bertz CT molecular complexity index is 357. The summed E-state index contributed by atoms with van der Waals surface area (Å²) in [6.45, 7) is 16.8. The van der Waals surface area contributed by atoms with Crippen molar-refractivity contribution in [3.8, 4) is 0 Å². The van der Waals surface area contributed by atoms with Crippen molar-refractivity contribution >= 4 is 0 Å². The van der Waals surface area contributed by atoms with Gasteiger partial charge in [0.15, 0.2) is 0 Å². The van der Waals surface area contributed by atoms with Crippen LogP contribution < -0.4 is 0 Å². The van der Waals surface area contributed by atoms with Crippen molar-refractivity contribution in [3.63, 3.8) is 0 Å². The van der Waals surface area contributed by atoms with E-state index in [-0.39, 0.29) is 0 Å². The summed E-state index contributed by atoms with van der Waals surface area (Å²) in [5.74, 6) is 0.856. The highest BCUT2D eigenvalue weighted by Gasteiger charge is 2.18. The molecular weight excluding hydrogens is 228 g/mol. The van der Waals surface area contributed by atoms with E-state index in [0.29, 0.717) is 0 Å². The van der Waals surface area contributed by atoms with E-state index >= 15 is 0 Å². The molecule has 0 amide bonds. The van der Waals surface area contributed by atoms with Gasteiger partial charge in [0.25, 0.3) is 0 Å². The third-order valence-electron chi connectivity index (χ3n) is 4.00. The first kappa shape index (κ1) is 18.0. The molecule has 0 heterocycles. The van der Waals surface area contributed by atoms with Crippen LogP contribution in [-0.4, -0.2) is 0 Å². The van der Waals surface area contributed by atoms with Crippen LogP contribution >= 0.6 is 0 Å². The van der Waals surface area contributed by atoms with E-state index in [1.807, 2.05) is 13.8 Å². The Kier molecular flexibility index (Phi) is 9.30. The maximum atomic E-state index is 3.00. The fourth-order valence-electron chi connectivity index (χ4n) is 2.82. The zero-order valence-corrected chi connectivity index (χ0v) is 13.7. The van der Waals surface area contributed by atoms with Gasteiger partial charge < -0.3 is 0 Å². The van der Waals surface area contributed by atoms with Crippen LogP contribution in [0.25, 0.3) is 0 Å². The maximum Gasteiger partial charge on any atom is -0.0162 e. The van der Waals surface area contributed by atoms with Crippen LogP contribution in [0.4, 0.5) is 0 Å². The van der Waals surface area contributed by atoms with Crippen LogP contribution in [0.5, 0.6) is 0 Å². The summed E-state index contributed by atoms with van der Waals surface area (Å²) in [4.78, 5) is 0. The van der Waals surface area contributed by atoms with E-state index in [2.05, 4.69) is 46.1 Å². The van der Waals surface area contributed by atoms with E-state index in [0.717, 1.165) is 5.92 Å². The standard InChI is InChI=1S/C15H22.C2H6.C2H4/c1-4-13-10-15(9-11(2)12(13)3)14-7-5-6-8-14;2*1-2/h9-10,14H,4-8H2,1-3H3;1-2H3;1-2H2. The first-order chi connectivity index (χ1) is 9.22. The molecule has 0 aliphatic heterocycles. The lowest BCUT2D eigenvalue weighted by Crippen LogP contribution is -1.98. The number of hydrogen-bond acceptors (Lipinski definition) is 0. The second-order valence-corrected chi connectivity index (χ2v) is 4.96. The first-order valence-electron chi connectivity index (χ1n) is 7.82. The molecule has 1 aliphatic rings. The predicted molar refractivity (Wildman–Crippen MR) is 89.1 cm³/mol. The molecule has 1 saturated carbocycles. The van der Waals surface area contributed by atoms with Gasteiger partial charge in [-0.1, -0.05) is 45.7 Å². The molecule has 1 aliphatic carbocycles. The van der Waals surface area contributed by atoms with E-state index in [1.165, 1.54) is 43.2 Å². The quantitative estimate of drug-likeness (QED) is 0.543.